The zero-order valence-corrected chi connectivity index (χ0v) is 22.5. The Kier molecular flexibility index (Phi) is 7.62. The molecule has 1 aliphatic heterocycles. The number of benzene rings is 3. The van der Waals surface area contributed by atoms with Gasteiger partial charge in [-0.15, -0.1) is 0 Å². The second kappa shape index (κ2) is 11.1. The number of hydrogen-bond donors (Lipinski definition) is 2. The van der Waals surface area contributed by atoms with E-state index in [-0.39, 0.29) is 17.5 Å². The van der Waals surface area contributed by atoms with Gasteiger partial charge in [-0.3, -0.25) is 9.69 Å². The quantitative estimate of drug-likeness (QED) is 0.278. The molecule has 1 atom stereocenters. The van der Waals surface area contributed by atoms with E-state index in [1.807, 2.05) is 38.1 Å². The summed E-state index contributed by atoms with van der Waals surface area (Å²) in [7, 11) is 1.75. The van der Waals surface area contributed by atoms with Gasteiger partial charge in [0.1, 0.15) is 11.9 Å². The first-order valence-electron chi connectivity index (χ1n) is 13.1. The predicted octanol–water partition coefficient (Wildman–Crippen LogP) is 6.39. The molecule has 4 aromatic rings. The maximum atomic E-state index is 13.5. The topological polar surface area (TPSA) is 79.4 Å². The average Bonchev–Trinajstić information content (AvgIpc) is 3.40. The highest BCUT2D eigenvalue weighted by atomic mass is 19.4. The second-order valence-corrected chi connectivity index (χ2v) is 9.83. The molecule has 3 aromatic carbocycles. The molecule has 0 bridgehead atoms. The van der Waals surface area contributed by atoms with E-state index in [9.17, 15) is 18.0 Å². The Morgan fingerprint density at radius 2 is 1.95 bits per heavy atom. The molecule has 1 fully saturated rings. The number of rotatable bonds is 7. The number of aryl methyl sites for hydroxylation is 1. The van der Waals surface area contributed by atoms with E-state index >= 15 is 0 Å². The van der Waals surface area contributed by atoms with Crippen molar-refractivity contribution in [2.24, 2.45) is 0 Å². The van der Waals surface area contributed by atoms with E-state index in [0.29, 0.717) is 18.1 Å². The Labute approximate surface area is 230 Å². The van der Waals surface area contributed by atoms with Crippen molar-refractivity contribution < 1.29 is 22.7 Å². The first-order valence-corrected chi connectivity index (χ1v) is 13.1. The van der Waals surface area contributed by atoms with Crippen LogP contribution in [0.3, 0.4) is 0 Å². The molecule has 0 aliphatic carbocycles. The van der Waals surface area contributed by atoms with Crippen LogP contribution in [0.5, 0.6) is 5.75 Å². The highest BCUT2D eigenvalue weighted by Gasteiger charge is 2.32. The SMILES string of the molecule is CCN1CC[C@H](Oc2ccc(C(F)(F)F)cc2NC(=O)c2ccc(C)c(-c3ccc4nc(NC)ncc4c3)c2)C1. The summed E-state index contributed by atoms with van der Waals surface area (Å²) in [5.74, 6) is 0.200. The molecule has 208 valence electrons. The van der Waals surface area contributed by atoms with Crippen molar-refractivity contribution in [1.82, 2.24) is 14.9 Å². The summed E-state index contributed by atoms with van der Waals surface area (Å²) in [5, 5.41) is 6.43. The van der Waals surface area contributed by atoms with Crippen molar-refractivity contribution in [2.45, 2.75) is 32.5 Å². The van der Waals surface area contributed by atoms with Crippen LogP contribution in [0.25, 0.3) is 22.0 Å². The van der Waals surface area contributed by atoms with Gasteiger partial charge in [-0.2, -0.15) is 13.2 Å². The first-order chi connectivity index (χ1) is 19.1. The number of ether oxygens (including phenoxy) is 1. The molecule has 1 amide bonds. The van der Waals surface area contributed by atoms with Crippen LogP contribution in [0, 0.1) is 6.92 Å². The lowest BCUT2D eigenvalue weighted by Crippen LogP contribution is -2.25. The zero-order valence-electron chi connectivity index (χ0n) is 22.5. The van der Waals surface area contributed by atoms with Gasteiger partial charge in [-0.1, -0.05) is 19.1 Å². The number of hydrogen-bond acceptors (Lipinski definition) is 6. The number of likely N-dealkylation sites (N-methyl/N-ethyl adjacent to an activating group) is 1. The fourth-order valence-corrected chi connectivity index (χ4v) is 4.86. The third-order valence-electron chi connectivity index (χ3n) is 7.14. The van der Waals surface area contributed by atoms with Crippen LogP contribution < -0.4 is 15.4 Å². The van der Waals surface area contributed by atoms with Crippen molar-refractivity contribution >= 4 is 28.4 Å². The number of nitrogens with zero attached hydrogens (tertiary/aromatic N) is 3. The van der Waals surface area contributed by atoms with Crippen LogP contribution in [-0.4, -0.2) is 53.6 Å². The van der Waals surface area contributed by atoms with Crippen LogP contribution in [0.4, 0.5) is 24.8 Å². The molecule has 2 heterocycles. The molecule has 40 heavy (non-hydrogen) atoms. The van der Waals surface area contributed by atoms with Gasteiger partial charge in [0.25, 0.3) is 5.91 Å². The molecule has 1 saturated heterocycles. The molecule has 1 aliphatic rings. The monoisotopic (exact) mass is 549 g/mol. The minimum absolute atomic E-state index is 0.0138. The Bertz CT molecular complexity index is 1560. The van der Waals surface area contributed by atoms with Crippen molar-refractivity contribution in [3.63, 3.8) is 0 Å². The van der Waals surface area contributed by atoms with Crippen molar-refractivity contribution in [3.8, 4) is 16.9 Å². The average molecular weight is 550 g/mol. The summed E-state index contributed by atoms with van der Waals surface area (Å²) in [6.45, 7) is 6.38. The highest BCUT2D eigenvalue weighted by Crippen LogP contribution is 2.36. The number of aromatic nitrogens is 2. The molecule has 0 unspecified atom stereocenters. The summed E-state index contributed by atoms with van der Waals surface area (Å²) in [6, 6.07) is 14.1. The smallest absolute Gasteiger partial charge is 0.416 e. The second-order valence-electron chi connectivity index (χ2n) is 9.83. The molecular formula is C30H30F3N5O2. The lowest BCUT2D eigenvalue weighted by atomic mass is 9.97. The fourth-order valence-electron chi connectivity index (χ4n) is 4.86. The predicted molar refractivity (Wildman–Crippen MR) is 150 cm³/mol. The van der Waals surface area contributed by atoms with Crippen LogP contribution >= 0.6 is 0 Å². The summed E-state index contributed by atoms with van der Waals surface area (Å²) < 4.78 is 46.7. The summed E-state index contributed by atoms with van der Waals surface area (Å²) in [4.78, 5) is 24.3. The molecule has 0 spiro atoms. The van der Waals surface area contributed by atoms with E-state index in [1.165, 1.54) is 6.07 Å². The van der Waals surface area contributed by atoms with Crippen LogP contribution in [0.2, 0.25) is 0 Å². The Hall–Kier alpha value is -4.18. The number of halogens is 3. The molecule has 5 rings (SSSR count). The molecular weight excluding hydrogens is 519 g/mol. The van der Waals surface area contributed by atoms with Gasteiger partial charge in [0.2, 0.25) is 5.95 Å². The lowest BCUT2D eigenvalue weighted by Gasteiger charge is -2.19. The third kappa shape index (κ3) is 5.86. The number of amides is 1. The number of nitrogens with one attached hydrogen (secondary N) is 2. The third-order valence-corrected chi connectivity index (χ3v) is 7.14. The molecule has 0 saturated carbocycles. The van der Waals surface area contributed by atoms with Crippen LogP contribution in [0.1, 0.15) is 34.8 Å². The van der Waals surface area contributed by atoms with E-state index < -0.39 is 17.6 Å². The molecule has 1 aromatic heterocycles. The Morgan fingerprint density at radius 3 is 2.67 bits per heavy atom. The molecule has 2 N–H and O–H groups in total. The number of anilines is 2. The zero-order chi connectivity index (χ0) is 28.4. The minimum Gasteiger partial charge on any atom is -0.487 e. The Morgan fingerprint density at radius 1 is 1.12 bits per heavy atom. The lowest BCUT2D eigenvalue weighted by molar-refractivity contribution is -0.137. The number of carbonyl (C=O) groups excluding carboxylic acids is 1. The summed E-state index contributed by atoms with van der Waals surface area (Å²) in [6.07, 6.45) is -2.24. The molecule has 7 nitrogen and oxygen atoms in total. The van der Waals surface area contributed by atoms with Gasteiger partial charge in [-0.25, -0.2) is 9.97 Å². The van der Waals surface area contributed by atoms with Crippen molar-refractivity contribution in [1.29, 1.82) is 0 Å². The van der Waals surface area contributed by atoms with Gasteiger partial charge in [-0.05, 0) is 79.0 Å². The number of likely N-dealkylation sites (tertiary alicyclic amines) is 1. The van der Waals surface area contributed by atoms with E-state index in [0.717, 1.165) is 59.2 Å². The van der Waals surface area contributed by atoms with E-state index in [2.05, 4.69) is 25.5 Å². The largest absolute Gasteiger partial charge is 0.487 e. The van der Waals surface area contributed by atoms with E-state index in [1.54, 1.807) is 25.4 Å². The Balaban J connectivity index is 1.44. The molecule has 10 heteroatoms. The number of carbonyl (C=O) groups is 1. The van der Waals surface area contributed by atoms with Gasteiger partial charge in [0.15, 0.2) is 0 Å². The van der Waals surface area contributed by atoms with Gasteiger partial charge in [0, 0.05) is 37.3 Å². The van der Waals surface area contributed by atoms with E-state index in [4.69, 9.17) is 4.74 Å². The highest BCUT2D eigenvalue weighted by molar-refractivity contribution is 6.06. The van der Waals surface area contributed by atoms with Crippen molar-refractivity contribution in [3.05, 3.63) is 77.5 Å². The van der Waals surface area contributed by atoms with Gasteiger partial charge in [0.05, 0.1) is 16.8 Å². The normalized spacial score (nSPS) is 15.8. The maximum absolute atomic E-state index is 13.5. The number of fused-ring (bicyclic) bond motifs is 1. The van der Waals surface area contributed by atoms with Gasteiger partial charge < -0.3 is 15.4 Å². The van der Waals surface area contributed by atoms with Crippen molar-refractivity contribution in [2.75, 3.05) is 37.3 Å². The van der Waals surface area contributed by atoms with Crippen LogP contribution in [0.15, 0.2) is 60.8 Å². The molecule has 0 radical (unpaired) electrons. The summed E-state index contributed by atoms with van der Waals surface area (Å²) >= 11 is 0. The first kappa shape index (κ1) is 27.4. The van der Waals surface area contributed by atoms with Crippen LogP contribution in [-0.2, 0) is 6.18 Å². The van der Waals surface area contributed by atoms with Gasteiger partial charge >= 0.3 is 6.18 Å². The maximum Gasteiger partial charge on any atom is 0.416 e. The fraction of sp³-hybridized carbons (Fsp3) is 0.300. The summed E-state index contributed by atoms with van der Waals surface area (Å²) in [5.41, 5.74) is 2.83. The standard InChI is InChI=1S/C30H30F3N5O2/c1-4-38-12-11-23(17-38)40-27-10-8-22(30(31,32)33)15-26(27)36-28(39)20-6-5-18(2)24(14-20)19-7-9-25-21(13-19)16-35-29(34-3)37-25/h5-10,13-16,23H,4,11-12,17H2,1-3H3,(H,36,39)(H,34,35,37)/t23-/m0/s1. The number of alkyl halides is 3. The minimum atomic E-state index is -4.56.